The second-order valence-corrected chi connectivity index (χ2v) is 4.39. The number of imidazole rings is 1. The summed E-state index contributed by atoms with van der Waals surface area (Å²) >= 11 is 0. The van der Waals surface area contributed by atoms with Gasteiger partial charge in [-0.1, -0.05) is 18.2 Å². The highest BCUT2D eigenvalue weighted by Crippen LogP contribution is 2.11. The van der Waals surface area contributed by atoms with Crippen molar-refractivity contribution in [2.75, 3.05) is 18.5 Å². The first-order valence-corrected chi connectivity index (χ1v) is 6.26. The number of nitrogens with two attached hydrogens (primary N) is 1. The van der Waals surface area contributed by atoms with Crippen molar-refractivity contribution in [2.24, 2.45) is 5.73 Å². The first kappa shape index (κ1) is 12.6. The van der Waals surface area contributed by atoms with Crippen LogP contribution in [0.1, 0.15) is 12.1 Å². The van der Waals surface area contributed by atoms with Crippen LogP contribution in [-0.4, -0.2) is 23.1 Å². The van der Waals surface area contributed by atoms with Crippen molar-refractivity contribution in [1.82, 2.24) is 9.55 Å². The molecule has 96 valence electrons. The van der Waals surface area contributed by atoms with Crippen molar-refractivity contribution >= 4 is 5.69 Å². The van der Waals surface area contributed by atoms with Crippen LogP contribution in [0, 0.1) is 0 Å². The van der Waals surface area contributed by atoms with E-state index in [1.165, 1.54) is 5.69 Å². The molecule has 2 aromatic rings. The standard InChI is InChI=1S/C14H20N4/c1-17(13-6-3-2-4-7-13)8-5-9-18-12-16-11-14(18)10-15/h2-4,6-7,11-12H,5,8-10,15H2,1H3. The summed E-state index contributed by atoms with van der Waals surface area (Å²) in [7, 11) is 2.12. The predicted octanol–water partition coefficient (Wildman–Crippen LogP) is 1.87. The lowest BCUT2D eigenvalue weighted by Gasteiger charge is -2.19. The Morgan fingerprint density at radius 1 is 1.28 bits per heavy atom. The lowest BCUT2D eigenvalue weighted by atomic mass is 10.3. The molecule has 0 radical (unpaired) electrons. The second-order valence-electron chi connectivity index (χ2n) is 4.39. The molecule has 0 aliphatic heterocycles. The zero-order chi connectivity index (χ0) is 12.8. The summed E-state index contributed by atoms with van der Waals surface area (Å²) in [5, 5.41) is 0. The molecule has 0 fully saturated rings. The van der Waals surface area contributed by atoms with Gasteiger partial charge < -0.3 is 15.2 Å². The SMILES string of the molecule is CN(CCCn1cncc1CN)c1ccccc1. The van der Waals surface area contributed by atoms with Crippen LogP contribution in [0.15, 0.2) is 42.9 Å². The van der Waals surface area contributed by atoms with Crippen LogP contribution < -0.4 is 10.6 Å². The monoisotopic (exact) mass is 244 g/mol. The van der Waals surface area contributed by atoms with Gasteiger partial charge in [0.15, 0.2) is 0 Å². The molecule has 2 rings (SSSR count). The number of hydrogen-bond donors (Lipinski definition) is 1. The van der Waals surface area contributed by atoms with Crippen molar-refractivity contribution in [1.29, 1.82) is 0 Å². The quantitative estimate of drug-likeness (QED) is 0.844. The smallest absolute Gasteiger partial charge is 0.0948 e. The first-order chi connectivity index (χ1) is 8.81. The maximum atomic E-state index is 5.65. The molecule has 4 nitrogen and oxygen atoms in total. The van der Waals surface area contributed by atoms with Gasteiger partial charge in [-0.05, 0) is 18.6 Å². The number of aryl methyl sites for hydroxylation is 1. The Labute approximate surface area is 108 Å². The van der Waals surface area contributed by atoms with Crippen LogP contribution >= 0.6 is 0 Å². The van der Waals surface area contributed by atoms with Crippen LogP contribution in [-0.2, 0) is 13.1 Å². The van der Waals surface area contributed by atoms with Crippen molar-refractivity contribution in [3.05, 3.63) is 48.5 Å². The molecule has 4 heteroatoms. The zero-order valence-corrected chi connectivity index (χ0v) is 10.8. The summed E-state index contributed by atoms with van der Waals surface area (Å²) in [6.45, 7) is 2.53. The van der Waals surface area contributed by atoms with E-state index in [2.05, 4.69) is 45.8 Å². The number of aromatic nitrogens is 2. The summed E-state index contributed by atoms with van der Waals surface area (Å²) in [6, 6.07) is 10.4. The highest BCUT2D eigenvalue weighted by molar-refractivity contribution is 5.44. The van der Waals surface area contributed by atoms with E-state index in [0.29, 0.717) is 6.54 Å². The van der Waals surface area contributed by atoms with Crippen molar-refractivity contribution < 1.29 is 0 Å². The normalized spacial score (nSPS) is 10.6. The Bertz CT molecular complexity index is 464. The van der Waals surface area contributed by atoms with E-state index in [1.54, 1.807) is 0 Å². The number of anilines is 1. The highest BCUT2D eigenvalue weighted by Gasteiger charge is 2.02. The van der Waals surface area contributed by atoms with E-state index < -0.39 is 0 Å². The number of hydrogen-bond acceptors (Lipinski definition) is 3. The third kappa shape index (κ3) is 3.11. The molecule has 0 bridgehead atoms. The van der Waals surface area contributed by atoms with Gasteiger partial charge in [-0.25, -0.2) is 4.98 Å². The molecule has 0 amide bonds. The van der Waals surface area contributed by atoms with Crippen molar-refractivity contribution in [3.63, 3.8) is 0 Å². The molecular formula is C14H20N4. The Hall–Kier alpha value is -1.81. The third-order valence-corrected chi connectivity index (χ3v) is 3.10. The maximum absolute atomic E-state index is 5.65. The molecule has 0 spiro atoms. The van der Waals surface area contributed by atoms with Crippen LogP contribution in [0.25, 0.3) is 0 Å². The van der Waals surface area contributed by atoms with Crippen LogP contribution in [0.5, 0.6) is 0 Å². The van der Waals surface area contributed by atoms with Gasteiger partial charge in [-0.3, -0.25) is 0 Å². The average molecular weight is 244 g/mol. The van der Waals surface area contributed by atoms with E-state index in [-0.39, 0.29) is 0 Å². The fraction of sp³-hybridized carbons (Fsp3) is 0.357. The van der Waals surface area contributed by atoms with E-state index in [9.17, 15) is 0 Å². The van der Waals surface area contributed by atoms with Gasteiger partial charge in [-0.15, -0.1) is 0 Å². The van der Waals surface area contributed by atoms with E-state index >= 15 is 0 Å². The molecule has 0 aliphatic carbocycles. The minimum absolute atomic E-state index is 0.550. The first-order valence-electron chi connectivity index (χ1n) is 6.26. The number of nitrogens with zero attached hydrogens (tertiary/aromatic N) is 3. The molecule has 1 aromatic heterocycles. The van der Waals surface area contributed by atoms with Crippen LogP contribution in [0.2, 0.25) is 0 Å². The van der Waals surface area contributed by atoms with Crippen molar-refractivity contribution in [2.45, 2.75) is 19.5 Å². The predicted molar refractivity (Wildman–Crippen MR) is 74.4 cm³/mol. The fourth-order valence-corrected chi connectivity index (χ4v) is 2.01. The lowest BCUT2D eigenvalue weighted by molar-refractivity contribution is 0.615. The number of rotatable bonds is 6. The summed E-state index contributed by atoms with van der Waals surface area (Å²) in [6.07, 6.45) is 4.76. The number of para-hydroxylation sites is 1. The third-order valence-electron chi connectivity index (χ3n) is 3.10. The summed E-state index contributed by atoms with van der Waals surface area (Å²) in [4.78, 5) is 6.38. The van der Waals surface area contributed by atoms with E-state index in [1.807, 2.05) is 18.6 Å². The Morgan fingerprint density at radius 3 is 2.78 bits per heavy atom. The molecular weight excluding hydrogens is 224 g/mol. The molecule has 0 atom stereocenters. The van der Waals surface area contributed by atoms with Crippen LogP contribution in [0.3, 0.4) is 0 Å². The van der Waals surface area contributed by atoms with Gasteiger partial charge in [0.1, 0.15) is 0 Å². The molecule has 0 saturated carbocycles. The fourth-order valence-electron chi connectivity index (χ4n) is 2.01. The van der Waals surface area contributed by atoms with Gasteiger partial charge in [0.2, 0.25) is 0 Å². The highest BCUT2D eigenvalue weighted by atomic mass is 15.1. The van der Waals surface area contributed by atoms with Gasteiger partial charge in [-0.2, -0.15) is 0 Å². The van der Waals surface area contributed by atoms with Crippen molar-refractivity contribution in [3.8, 4) is 0 Å². The topological polar surface area (TPSA) is 47.1 Å². The molecule has 0 aliphatic rings. The van der Waals surface area contributed by atoms with Crippen LogP contribution in [0.4, 0.5) is 5.69 Å². The molecule has 1 heterocycles. The Balaban J connectivity index is 1.82. The van der Waals surface area contributed by atoms with Gasteiger partial charge in [0, 0.05) is 38.6 Å². The van der Waals surface area contributed by atoms with Gasteiger partial charge >= 0.3 is 0 Å². The summed E-state index contributed by atoms with van der Waals surface area (Å²) < 4.78 is 2.12. The number of benzene rings is 1. The average Bonchev–Trinajstić information content (AvgIpc) is 2.87. The second kappa shape index (κ2) is 6.21. The Kier molecular flexibility index (Phi) is 4.36. The van der Waals surface area contributed by atoms with Gasteiger partial charge in [0.05, 0.1) is 12.0 Å². The van der Waals surface area contributed by atoms with E-state index in [0.717, 1.165) is 25.2 Å². The molecule has 0 saturated heterocycles. The van der Waals surface area contributed by atoms with Gasteiger partial charge in [0.25, 0.3) is 0 Å². The minimum Gasteiger partial charge on any atom is -0.375 e. The Morgan fingerprint density at radius 2 is 2.06 bits per heavy atom. The minimum atomic E-state index is 0.550. The molecule has 2 N–H and O–H groups in total. The largest absolute Gasteiger partial charge is 0.375 e. The summed E-state index contributed by atoms with van der Waals surface area (Å²) in [5.74, 6) is 0. The molecule has 1 aromatic carbocycles. The lowest BCUT2D eigenvalue weighted by Crippen LogP contribution is -2.20. The maximum Gasteiger partial charge on any atom is 0.0948 e. The molecule has 0 unspecified atom stereocenters. The zero-order valence-electron chi connectivity index (χ0n) is 10.8. The molecule has 18 heavy (non-hydrogen) atoms. The van der Waals surface area contributed by atoms with E-state index in [4.69, 9.17) is 5.73 Å². The summed E-state index contributed by atoms with van der Waals surface area (Å²) in [5.41, 5.74) is 7.99.